The Morgan fingerprint density at radius 3 is 2.73 bits per heavy atom. The molecule has 1 fully saturated rings. The number of nitrogens with zero attached hydrogens (tertiary/aromatic N) is 3. The van der Waals surface area contributed by atoms with Gasteiger partial charge in [-0.2, -0.15) is 4.31 Å². The van der Waals surface area contributed by atoms with E-state index in [-0.39, 0.29) is 17.3 Å². The van der Waals surface area contributed by atoms with Crippen LogP contribution in [0.1, 0.15) is 31.1 Å². The van der Waals surface area contributed by atoms with Crippen molar-refractivity contribution in [3.8, 4) is 11.3 Å². The number of rotatable bonds is 5. The van der Waals surface area contributed by atoms with Gasteiger partial charge in [0, 0.05) is 18.2 Å². The first-order valence-corrected chi connectivity index (χ1v) is 10.9. The van der Waals surface area contributed by atoms with Crippen LogP contribution in [0.15, 0.2) is 59.6 Å². The Kier molecular flexibility index (Phi) is 5.35. The largest absolute Gasteiger partial charge is 0.341 e. The molecular weight excluding hydrogens is 411 g/mol. The molecule has 0 bridgehead atoms. The number of hydrogen-bond acceptors (Lipinski definition) is 5. The standard InChI is InChI=1S/C20H19FN4O4S/c21-15-7-5-6-14(12-15)16-13-22-20(23-16)18-9-3-4-11-24(18)30(28,29)19-10-2-1-8-17(19)25(26)27/h1-2,5-8,10,12-13,18H,3-4,9,11H2,(H,22,23)/t18-/m1/s1. The van der Waals surface area contributed by atoms with Crippen LogP contribution in [0.3, 0.4) is 0 Å². The van der Waals surface area contributed by atoms with Gasteiger partial charge in [0.1, 0.15) is 11.6 Å². The Morgan fingerprint density at radius 2 is 1.97 bits per heavy atom. The minimum absolute atomic E-state index is 0.231. The first-order valence-electron chi connectivity index (χ1n) is 9.44. The van der Waals surface area contributed by atoms with E-state index in [0.717, 1.165) is 6.42 Å². The summed E-state index contributed by atoms with van der Waals surface area (Å²) in [6, 6.07) is 10.7. The van der Waals surface area contributed by atoms with Gasteiger partial charge in [0.2, 0.25) is 0 Å². The Morgan fingerprint density at radius 1 is 1.17 bits per heavy atom. The van der Waals surface area contributed by atoms with Gasteiger partial charge in [-0.05, 0) is 31.0 Å². The molecule has 0 saturated carbocycles. The van der Waals surface area contributed by atoms with E-state index in [1.807, 2.05) is 0 Å². The molecule has 0 amide bonds. The quantitative estimate of drug-likeness (QED) is 0.485. The highest BCUT2D eigenvalue weighted by Gasteiger charge is 2.39. The summed E-state index contributed by atoms with van der Waals surface area (Å²) in [6.07, 6.45) is 3.50. The van der Waals surface area contributed by atoms with Crippen molar-refractivity contribution in [3.05, 3.63) is 76.5 Å². The number of sulfonamides is 1. The highest BCUT2D eigenvalue weighted by Crippen LogP contribution is 2.37. The average Bonchev–Trinajstić information content (AvgIpc) is 3.24. The van der Waals surface area contributed by atoms with E-state index in [4.69, 9.17) is 0 Å². The van der Waals surface area contributed by atoms with Crippen molar-refractivity contribution in [2.75, 3.05) is 6.54 Å². The maximum absolute atomic E-state index is 13.5. The Hall–Kier alpha value is -3.11. The number of halogens is 1. The van der Waals surface area contributed by atoms with Gasteiger partial charge in [0.15, 0.2) is 4.90 Å². The van der Waals surface area contributed by atoms with E-state index in [0.29, 0.717) is 29.9 Å². The second-order valence-corrected chi connectivity index (χ2v) is 8.90. The van der Waals surface area contributed by atoms with E-state index >= 15 is 0 Å². The van der Waals surface area contributed by atoms with Crippen molar-refractivity contribution in [2.24, 2.45) is 0 Å². The lowest BCUT2D eigenvalue weighted by atomic mass is 10.0. The molecule has 156 valence electrons. The SMILES string of the molecule is O=[N+]([O-])c1ccccc1S(=O)(=O)N1CCCC[C@@H]1c1ncc(-c2cccc(F)c2)[nH]1. The topological polar surface area (TPSA) is 109 Å². The molecule has 10 heteroatoms. The van der Waals surface area contributed by atoms with Crippen LogP contribution in [0, 0.1) is 15.9 Å². The maximum Gasteiger partial charge on any atom is 0.289 e. The van der Waals surface area contributed by atoms with Crippen LogP contribution in [0.5, 0.6) is 0 Å². The summed E-state index contributed by atoms with van der Waals surface area (Å²) in [5, 5.41) is 11.4. The first kappa shape index (κ1) is 20.2. The summed E-state index contributed by atoms with van der Waals surface area (Å²) < 4.78 is 41.5. The van der Waals surface area contributed by atoms with Crippen LogP contribution in [0.25, 0.3) is 11.3 Å². The van der Waals surface area contributed by atoms with Gasteiger partial charge in [-0.3, -0.25) is 10.1 Å². The third kappa shape index (κ3) is 3.71. The monoisotopic (exact) mass is 430 g/mol. The van der Waals surface area contributed by atoms with E-state index < -0.39 is 26.7 Å². The summed E-state index contributed by atoms with van der Waals surface area (Å²) in [6.45, 7) is 0.231. The van der Waals surface area contributed by atoms with Crippen LogP contribution in [0.2, 0.25) is 0 Å². The molecule has 2 heterocycles. The molecule has 0 radical (unpaired) electrons. The van der Waals surface area contributed by atoms with Crippen LogP contribution in [-0.2, 0) is 10.0 Å². The predicted octanol–water partition coefficient (Wildman–Crippen LogP) is 4.04. The van der Waals surface area contributed by atoms with Gasteiger partial charge in [-0.15, -0.1) is 0 Å². The van der Waals surface area contributed by atoms with Crippen molar-refractivity contribution in [1.82, 2.24) is 14.3 Å². The molecule has 8 nitrogen and oxygen atoms in total. The zero-order valence-electron chi connectivity index (χ0n) is 15.9. The number of hydrogen-bond donors (Lipinski definition) is 1. The molecule has 1 N–H and O–H groups in total. The zero-order chi connectivity index (χ0) is 21.3. The smallest absolute Gasteiger partial charge is 0.289 e. The Labute approximate surface area is 172 Å². The lowest BCUT2D eigenvalue weighted by Crippen LogP contribution is -2.39. The van der Waals surface area contributed by atoms with Crippen LogP contribution in [-0.4, -0.2) is 34.2 Å². The zero-order valence-corrected chi connectivity index (χ0v) is 16.7. The van der Waals surface area contributed by atoms with E-state index in [1.165, 1.54) is 46.9 Å². The molecule has 4 rings (SSSR count). The minimum atomic E-state index is -4.13. The third-order valence-corrected chi connectivity index (χ3v) is 7.10. The number of benzene rings is 2. The summed E-state index contributed by atoms with van der Waals surface area (Å²) in [7, 11) is -4.13. The Balaban J connectivity index is 1.72. The molecule has 1 saturated heterocycles. The highest BCUT2D eigenvalue weighted by atomic mass is 32.2. The number of H-pyrrole nitrogens is 1. The summed E-state index contributed by atoms with van der Waals surface area (Å²) in [5.74, 6) is 0.0398. The molecule has 1 aliphatic rings. The molecule has 1 aliphatic heterocycles. The number of piperidine rings is 1. The molecule has 30 heavy (non-hydrogen) atoms. The average molecular weight is 430 g/mol. The van der Waals surface area contributed by atoms with Crippen LogP contribution < -0.4 is 0 Å². The molecule has 1 atom stereocenters. The van der Waals surface area contributed by atoms with E-state index in [9.17, 15) is 22.9 Å². The van der Waals surface area contributed by atoms with Crippen LogP contribution in [0.4, 0.5) is 10.1 Å². The number of aromatic amines is 1. The van der Waals surface area contributed by atoms with Crippen molar-refractivity contribution in [1.29, 1.82) is 0 Å². The Bertz CT molecular complexity index is 1190. The fourth-order valence-corrected chi connectivity index (χ4v) is 5.55. The number of nitro benzene ring substituents is 1. The second kappa shape index (κ2) is 7.96. The molecule has 2 aromatic carbocycles. The predicted molar refractivity (Wildman–Crippen MR) is 108 cm³/mol. The van der Waals surface area contributed by atoms with Gasteiger partial charge >= 0.3 is 0 Å². The van der Waals surface area contributed by atoms with Gasteiger partial charge in [0.05, 0.1) is 22.9 Å². The second-order valence-electron chi connectivity index (χ2n) is 7.04. The molecule has 1 aromatic heterocycles. The number of imidazole rings is 1. The van der Waals surface area contributed by atoms with Crippen molar-refractivity contribution >= 4 is 15.7 Å². The van der Waals surface area contributed by atoms with Crippen molar-refractivity contribution in [2.45, 2.75) is 30.2 Å². The van der Waals surface area contributed by atoms with Crippen molar-refractivity contribution in [3.63, 3.8) is 0 Å². The number of para-hydroxylation sites is 1. The van der Waals surface area contributed by atoms with Crippen LogP contribution >= 0.6 is 0 Å². The molecular formula is C20H19FN4O4S. The summed E-state index contributed by atoms with van der Waals surface area (Å²) in [4.78, 5) is 17.8. The third-order valence-electron chi connectivity index (χ3n) is 5.15. The van der Waals surface area contributed by atoms with Crippen molar-refractivity contribution < 1.29 is 17.7 Å². The fraction of sp³-hybridized carbons (Fsp3) is 0.250. The van der Waals surface area contributed by atoms with Gasteiger partial charge in [-0.1, -0.05) is 30.7 Å². The fourth-order valence-electron chi connectivity index (χ4n) is 3.73. The van der Waals surface area contributed by atoms with Gasteiger partial charge in [0.25, 0.3) is 15.7 Å². The number of nitro groups is 1. The van der Waals surface area contributed by atoms with E-state index in [1.54, 1.807) is 12.1 Å². The van der Waals surface area contributed by atoms with Gasteiger partial charge in [-0.25, -0.2) is 17.8 Å². The summed E-state index contributed by atoms with van der Waals surface area (Å²) >= 11 is 0. The number of nitrogens with one attached hydrogen (secondary N) is 1. The van der Waals surface area contributed by atoms with Gasteiger partial charge < -0.3 is 4.98 Å². The first-order chi connectivity index (χ1) is 14.4. The molecule has 0 unspecified atom stereocenters. The van der Waals surface area contributed by atoms with E-state index in [2.05, 4.69) is 9.97 Å². The summed E-state index contributed by atoms with van der Waals surface area (Å²) in [5.41, 5.74) is 0.706. The maximum atomic E-state index is 13.5. The molecule has 3 aromatic rings. The highest BCUT2D eigenvalue weighted by molar-refractivity contribution is 7.89. The lowest BCUT2D eigenvalue weighted by molar-refractivity contribution is -0.387. The molecule has 0 spiro atoms. The number of aromatic nitrogens is 2. The minimum Gasteiger partial charge on any atom is -0.341 e. The normalized spacial score (nSPS) is 17.7. The molecule has 0 aliphatic carbocycles. The lowest BCUT2D eigenvalue weighted by Gasteiger charge is -2.33.